The van der Waals surface area contributed by atoms with Crippen molar-refractivity contribution in [2.24, 2.45) is 0 Å². The molecule has 0 aromatic heterocycles. The van der Waals surface area contributed by atoms with Crippen LogP contribution in [-0.2, 0) is 11.2 Å². The van der Waals surface area contributed by atoms with E-state index in [1.807, 2.05) is 25.1 Å². The van der Waals surface area contributed by atoms with Crippen molar-refractivity contribution in [3.63, 3.8) is 0 Å². The Morgan fingerprint density at radius 2 is 2.40 bits per heavy atom. The van der Waals surface area contributed by atoms with Crippen LogP contribution in [0.2, 0.25) is 0 Å². The normalized spacial score (nSPS) is 15.9. The molecule has 1 heterocycles. The summed E-state index contributed by atoms with van der Waals surface area (Å²) in [6, 6.07) is 5.89. The summed E-state index contributed by atoms with van der Waals surface area (Å²) >= 11 is 0. The average molecular weight is 208 g/mol. The van der Waals surface area contributed by atoms with Crippen LogP contribution in [0.1, 0.15) is 24.2 Å². The summed E-state index contributed by atoms with van der Waals surface area (Å²) in [6.45, 7) is 3.58. The minimum absolute atomic E-state index is 0.330. The number of benzene rings is 1. The third kappa shape index (κ3) is 2.13. The molecular weight excluding hydrogens is 192 g/mol. The van der Waals surface area contributed by atoms with Gasteiger partial charge in [-0.2, -0.15) is 0 Å². The van der Waals surface area contributed by atoms with Crippen LogP contribution in [0, 0.1) is 0 Å². The second kappa shape index (κ2) is 4.64. The van der Waals surface area contributed by atoms with Gasteiger partial charge in [-0.3, -0.25) is 0 Å². The summed E-state index contributed by atoms with van der Waals surface area (Å²) in [4.78, 5) is 0. The smallest absolute Gasteiger partial charge is 0.128 e. The fourth-order valence-electron chi connectivity index (χ4n) is 1.82. The predicted octanol–water partition coefficient (Wildman–Crippen LogP) is 1.69. The molecule has 1 N–H and O–H groups in total. The van der Waals surface area contributed by atoms with Crippen LogP contribution in [0.3, 0.4) is 0 Å². The van der Waals surface area contributed by atoms with Crippen molar-refractivity contribution in [1.82, 2.24) is 0 Å². The van der Waals surface area contributed by atoms with Gasteiger partial charge in [-0.05, 0) is 12.5 Å². The molecule has 1 aromatic carbocycles. The first-order valence-electron chi connectivity index (χ1n) is 5.33. The summed E-state index contributed by atoms with van der Waals surface area (Å²) in [7, 11) is 0. The molecule has 2 rings (SSSR count). The Bertz CT molecular complexity index is 336. The fourth-order valence-corrected chi connectivity index (χ4v) is 1.82. The first-order chi connectivity index (χ1) is 7.33. The van der Waals surface area contributed by atoms with Gasteiger partial charge in [0.15, 0.2) is 0 Å². The first kappa shape index (κ1) is 10.5. The van der Waals surface area contributed by atoms with Gasteiger partial charge in [0, 0.05) is 18.6 Å². The molecule has 0 bridgehead atoms. The summed E-state index contributed by atoms with van der Waals surface area (Å²) < 4.78 is 10.7. The average Bonchev–Trinajstić information content (AvgIpc) is 2.73. The molecule has 1 aliphatic rings. The summed E-state index contributed by atoms with van der Waals surface area (Å²) in [5.74, 6) is 0.852. The summed E-state index contributed by atoms with van der Waals surface area (Å²) in [6.07, 6.45) is 0.350. The number of hydrogen-bond donors (Lipinski definition) is 1. The highest BCUT2D eigenvalue weighted by Gasteiger charge is 2.20. The van der Waals surface area contributed by atoms with Crippen LogP contribution in [0.15, 0.2) is 18.2 Å². The molecule has 0 fully saturated rings. The van der Waals surface area contributed by atoms with Crippen LogP contribution < -0.4 is 4.74 Å². The first-order valence-corrected chi connectivity index (χ1v) is 5.33. The Morgan fingerprint density at radius 1 is 1.53 bits per heavy atom. The maximum absolute atomic E-state index is 9.91. The van der Waals surface area contributed by atoms with E-state index in [2.05, 4.69) is 0 Å². The standard InChI is InChI=1S/C12H16O3/c1-2-14-8-11(13)10-5-3-4-9-6-7-15-12(9)10/h3-5,11,13H,2,6-8H2,1H3. The molecule has 1 atom stereocenters. The van der Waals surface area contributed by atoms with E-state index in [0.717, 1.165) is 17.7 Å². The van der Waals surface area contributed by atoms with Crippen molar-refractivity contribution in [1.29, 1.82) is 0 Å². The largest absolute Gasteiger partial charge is 0.493 e. The molecule has 0 radical (unpaired) electrons. The van der Waals surface area contributed by atoms with Crippen LogP contribution in [-0.4, -0.2) is 24.9 Å². The van der Waals surface area contributed by atoms with Crippen molar-refractivity contribution in [3.05, 3.63) is 29.3 Å². The zero-order valence-corrected chi connectivity index (χ0v) is 8.90. The van der Waals surface area contributed by atoms with Gasteiger partial charge in [0.25, 0.3) is 0 Å². The van der Waals surface area contributed by atoms with Crippen molar-refractivity contribution in [3.8, 4) is 5.75 Å². The number of aliphatic hydroxyl groups is 1. The van der Waals surface area contributed by atoms with Crippen LogP contribution in [0.4, 0.5) is 0 Å². The molecule has 3 nitrogen and oxygen atoms in total. The Morgan fingerprint density at radius 3 is 3.20 bits per heavy atom. The maximum Gasteiger partial charge on any atom is 0.128 e. The molecular formula is C12H16O3. The number of rotatable bonds is 4. The van der Waals surface area contributed by atoms with E-state index in [0.29, 0.717) is 19.8 Å². The summed E-state index contributed by atoms with van der Waals surface area (Å²) in [5, 5.41) is 9.91. The van der Waals surface area contributed by atoms with E-state index in [1.54, 1.807) is 0 Å². The van der Waals surface area contributed by atoms with E-state index < -0.39 is 6.10 Å². The molecule has 82 valence electrons. The SMILES string of the molecule is CCOCC(O)c1cccc2c1OCC2. The van der Waals surface area contributed by atoms with Gasteiger partial charge in [0.1, 0.15) is 11.9 Å². The lowest BCUT2D eigenvalue weighted by Crippen LogP contribution is -2.08. The minimum atomic E-state index is -0.585. The lowest BCUT2D eigenvalue weighted by atomic mass is 10.0. The third-order valence-corrected chi connectivity index (χ3v) is 2.58. The number of fused-ring (bicyclic) bond motifs is 1. The highest BCUT2D eigenvalue weighted by molar-refractivity contribution is 5.45. The lowest BCUT2D eigenvalue weighted by molar-refractivity contribution is 0.0407. The maximum atomic E-state index is 9.91. The van der Waals surface area contributed by atoms with Gasteiger partial charge in [0.05, 0.1) is 13.2 Å². The van der Waals surface area contributed by atoms with Crippen molar-refractivity contribution in [2.75, 3.05) is 19.8 Å². The van der Waals surface area contributed by atoms with Crippen LogP contribution in [0.25, 0.3) is 0 Å². The number of para-hydroxylation sites is 1. The van der Waals surface area contributed by atoms with Crippen LogP contribution in [0.5, 0.6) is 5.75 Å². The molecule has 0 amide bonds. The second-order valence-corrected chi connectivity index (χ2v) is 3.61. The zero-order valence-electron chi connectivity index (χ0n) is 8.90. The molecule has 0 spiro atoms. The van der Waals surface area contributed by atoms with Gasteiger partial charge < -0.3 is 14.6 Å². The molecule has 1 aromatic rings. The monoisotopic (exact) mass is 208 g/mol. The Kier molecular flexibility index (Phi) is 3.23. The lowest BCUT2D eigenvalue weighted by Gasteiger charge is -2.14. The van der Waals surface area contributed by atoms with Crippen LogP contribution >= 0.6 is 0 Å². The molecule has 1 unspecified atom stereocenters. The van der Waals surface area contributed by atoms with Gasteiger partial charge in [-0.25, -0.2) is 0 Å². The van der Waals surface area contributed by atoms with Gasteiger partial charge in [-0.15, -0.1) is 0 Å². The molecule has 15 heavy (non-hydrogen) atoms. The Balaban J connectivity index is 2.17. The van der Waals surface area contributed by atoms with Gasteiger partial charge >= 0.3 is 0 Å². The van der Waals surface area contributed by atoms with Gasteiger partial charge in [0.2, 0.25) is 0 Å². The van der Waals surface area contributed by atoms with E-state index in [9.17, 15) is 5.11 Å². The number of aliphatic hydroxyl groups excluding tert-OH is 1. The van der Waals surface area contributed by atoms with Crippen molar-refractivity contribution in [2.45, 2.75) is 19.4 Å². The fraction of sp³-hybridized carbons (Fsp3) is 0.500. The topological polar surface area (TPSA) is 38.7 Å². The van der Waals surface area contributed by atoms with Gasteiger partial charge in [-0.1, -0.05) is 18.2 Å². The number of hydrogen-bond acceptors (Lipinski definition) is 3. The predicted molar refractivity (Wildman–Crippen MR) is 57.1 cm³/mol. The highest BCUT2D eigenvalue weighted by Crippen LogP contribution is 2.33. The van der Waals surface area contributed by atoms with E-state index in [4.69, 9.17) is 9.47 Å². The Hall–Kier alpha value is -1.06. The zero-order chi connectivity index (χ0) is 10.7. The van der Waals surface area contributed by atoms with Crippen molar-refractivity contribution < 1.29 is 14.6 Å². The van der Waals surface area contributed by atoms with E-state index in [-0.39, 0.29) is 0 Å². The van der Waals surface area contributed by atoms with Crippen molar-refractivity contribution >= 4 is 0 Å². The van der Waals surface area contributed by atoms with E-state index >= 15 is 0 Å². The number of ether oxygens (including phenoxy) is 2. The molecule has 3 heteroatoms. The quantitative estimate of drug-likeness (QED) is 0.818. The second-order valence-electron chi connectivity index (χ2n) is 3.61. The Labute approximate surface area is 89.6 Å². The summed E-state index contributed by atoms with van der Waals surface area (Å²) in [5.41, 5.74) is 2.03. The molecule has 0 saturated carbocycles. The molecule has 0 saturated heterocycles. The highest BCUT2D eigenvalue weighted by atomic mass is 16.5. The van der Waals surface area contributed by atoms with E-state index in [1.165, 1.54) is 5.56 Å². The minimum Gasteiger partial charge on any atom is -0.493 e. The molecule has 1 aliphatic heterocycles. The molecule has 0 aliphatic carbocycles. The third-order valence-electron chi connectivity index (χ3n) is 2.58.